The number of thioether (sulfide) groups is 1. The number of amidine groups is 1. The van der Waals surface area contributed by atoms with Crippen molar-refractivity contribution in [1.29, 1.82) is 0 Å². The molecule has 0 bridgehead atoms. The summed E-state index contributed by atoms with van der Waals surface area (Å²) in [5.41, 5.74) is 0.910. The number of rotatable bonds is 6. The summed E-state index contributed by atoms with van der Waals surface area (Å²) in [5, 5.41) is 21.7. The minimum absolute atomic E-state index is 0.212. The van der Waals surface area contributed by atoms with Crippen molar-refractivity contribution in [1.82, 2.24) is 5.32 Å². The van der Waals surface area contributed by atoms with E-state index in [-0.39, 0.29) is 17.2 Å². The monoisotopic (exact) mass is 398 g/mol. The van der Waals surface area contributed by atoms with E-state index >= 15 is 0 Å². The normalized spacial score (nSPS) is 16.4. The van der Waals surface area contributed by atoms with E-state index in [1.807, 2.05) is 31.2 Å². The zero-order chi connectivity index (χ0) is 20.1. The number of hydrogen-bond acceptors (Lipinski definition) is 6. The molecule has 144 valence electrons. The summed E-state index contributed by atoms with van der Waals surface area (Å²) in [6.45, 7) is 2.60. The molecule has 0 radical (unpaired) electrons. The van der Waals surface area contributed by atoms with E-state index in [2.05, 4.69) is 10.3 Å². The van der Waals surface area contributed by atoms with Gasteiger partial charge in [-0.1, -0.05) is 25.1 Å². The number of phenols is 1. The number of ether oxygens (including phenoxy) is 1. The van der Waals surface area contributed by atoms with E-state index in [1.165, 1.54) is 18.2 Å². The molecule has 1 aliphatic rings. The molecular weight excluding hydrogens is 380 g/mol. The number of aromatic hydroxyl groups is 1. The Kier molecular flexibility index (Phi) is 6.00. The lowest BCUT2D eigenvalue weighted by Gasteiger charge is -2.07. The second kappa shape index (κ2) is 8.62. The van der Waals surface area contributed by atoms with Crippen molar-refractivity contribution in [2.45, 2.75) is 13.3 Å². The molecule has 0 aromatic heterocycles. The van der Waals surface area contributed by atoms with Crippen LogP contribution in [0.25, 0.3) is 6.08 Å². The largest absolute Gasteiger partial charge is 0.507 e. The first-order valence-electron chi connectivity index (χ1n) is 8.55. The van der Waals surface area contributed by atoms with Gasteiger partial charge in [-0.2, -0.15) is 0 Å². The van der Waals surface area contributed by atoms with Gasteiger partial charge in [0.2, 0.25) is 0 Å². The van der Waals surface area contributed by atoms with Gasteiger partial charge in [0.05, 0.1) is 17.2 Å². The van der Waals surface area contributed by atoms with E-state index in [0.29, 0.717) is 28.1 Å². The first kappa shape index (κ1) is 19.5. The molecule has 1 amide bonds. The van der Waals surface area contributed by atoms with Crippen LogP contribution in [0.5, 0.6) is 11.5 Å². The molecular formula is C20H18N2O5S. The third kappa shape index (κ3) is 4.52. The fourth-order valence-corrected chi connectivity index (χ4v) is 3.29. The number of carboxylic acid groups (broad SMARTS) is 1. The van der Waals surface area contributed by atoms with Crippen LogP contribution in [0.15, 0.2) is 52.4 Å². The lowest BCUT2D eigenvalue weighted by atomic mass is 10.2. The van der Waals surface area contributed by atoms with Crippen LogP contribution in [0, 0.1) is 0 Å². The first-order chi connectivity index (χ1) is 13.5. The van der Waals surface area contributed by atoms with Gasteiger partial charge < -0.3 is 20.3 Å². The highest BCUT2D eigenvalue weighted by atomic mass is 32.2. The third-order valence-electron chi connectivity index (χ3n) is 3.76. The van der Waals surface area contributed by atoms with Gasteiger partial charge in [-0.05, 0) is 42.5 Å². The lowest BCUT2D eigenvalue weighted by molar-refractivity contribution is -0.115. The fourth-order valence-electron chi connectivity index (χ4n) is 2.45. The maximum atomic E-state index is 12.3. The molecule has 8 heteroatoms. The number of carbonyl (C=O) groups is 2. The summed E-state index contributed by atoms with van der Waals surface area (Å²) in [6.07, 6.45) is 2.61. The summed E-state index contributed by atoms with van der Waals surface area (Å²) in [5.74, 6) is -1.21. The quantitative estimate of drug-likeness (QED) is 0.639. The first-order valence-corrected chi connectivity index (χ1v) is 9.37. The van der Waals surface area contributed by atoms with Gasteiger partial charge in [0, 0.05) is 11.6 Å². The molecule has 1 saturated heterocycles. The highest BCUT2D eigenvalue weighted by molar-refractivity contribution is 8.18. The molecule has 0 aliphatic carbocycles. The second-order valence-electron chi connectivity index (χ2n) is 5.87. The molecule has 3 N–H and O–H groups in total. The van der Waals surface area contributed by atoms with Crippen LogP contribution in [0.2, 0.25) is 0 Å². The summed E-state index contributed by atoms with van der Waals surface area (Å²) in [6, 6.07) is 11.4. The van der Waals surface area contributed by atoms with E-state index in [1.54, 1.807) is 6.08 Å². The maximum absolute atomic E-state index is 12.3. The topological polar surface area (TPSA) is 108 Å². The van der Waals surface area contributed by atoms with Crippen molar-refractivity contribution in [3.63, 3.8) is 0 Å². The van der Waals surface area contributed by atoms with Crippen LogP contribution in [0.4, 0.5) is 5.69 Å². The molecule has 7 nitrogen and oxygen atoms in total. The number of carboxylic acids is 1. The SMILES string of the molecule is CCCOc1ccccc1/C=C1\SC(=Nc2ccc(C(=O)O)c(O)c2)NC1=O. The molecule has 3 rings (SSSR count). The smallest absolute Gasteiger partial charge is 0.339 e. The fraction of sp³-hybridized carbons (Fsp3) is 0.150. The summed E-state index contributed by atoms with van der Waals surface area (Å²) in [7, 11) is 0. The maximum Gasteiger partial charge on any atom is 0.339 e. The number of para-hydroxylation sites is 1. The van der Waals surface area contributed by atoms with Gasteiger partial charge >= 0.3 is 5.97 Å². The van der Waals surface area contributed by atoms with Crippen molar-refractivity contribution >= 4 is 40.6 Å². The minimum Gasteiger partial charge on any atom is -0.507 e. The number of nitrogens with zero attached hydrogens (tertiary/aromatic N) is 1. The highest BCUT2D eigenvalue weighted by Crippen LogP contribution is 2.31. The van der Waals surface area contributed by atoms with Gasteiger partial charge in [-0.15, -0.1) is 0 Å². The number of amides is 1. The average molecular weight is 398 g/mol. The Bertz CT molecular complexity index is 984. The number of aromatic carboxylic acids is 1. The van der Waals surface area contributed by atoms with E-state index in [0.717, 1.165) is 23.7 Å². The van der Waals surface area contributed by atoms with Gasteiger partial charge in [0.1, 0.15) is 17.1 Å². The number of carbonyl (C=O) groups excluding carboxylic acids is 1. The predicted octanol–water partition coefficient (Wildman–Crippen LogP) is 3.77. The van der Waals surface area contributed by atoms with Crippen LogP contribution in [0.1, 0.15) is 29.3 Å². The molecule has 0 spiro atoms. The van der Waals surface area contributed by atoms with Crippen LogP contribution < -0.4 is 10.1 Å². The van der Waals surface area contributed by atoms with Crippen LogP contribution >= 0.6 is 11.8 Å². The van der Waals surface area contributed by atoms with Crippen molar-refractivity contribution in [2.24, 2.45) is 4.99 Å². The molecule has 0 unspecified atom stereocenters. The number of nitrogens with one attached hydrogen (secondary N) is 1. The predicted molar refractivity (Wildman–Crippen MR) is 108 cm³/mol. The summed E-state index contributed by atoms with van der Waals surface area (Å²) >= 11 is 1.15. The van der Waals surface area contributed by atoms with E-state index in [4.69, 9.17) is 9.84 Å². The molecule has 0 atom stereocenters. The summed E-state index contributed by atoms with van der Waals surface area (Å²) in [4.78, 5) is 27.9. The molecule has 1 fully saturated rings. The average Bonchev–Trinajstić information content (AvgIpc) is 2.99. The molecule has 28 heavy (non-hydrogen) atoms. The third-order valence-corrected chi connectivity index (χ3v) is 4.67. The molecule has 1 heterocycles. The number of benzene rings is 2. The van der Waals surface area contributed by atoms with E-state index in [9.17, 15) is 14.7 Å². The van der Waals surface area contributed by atoms with Crippen molar-refractivity contribution in [3.05, 3.63) is 58.5 Å². The van der Waals surface area contributed by atoms with Crippen LogP contribution in [0.3, 0.4) is 0 Å². The number of aliphatic imine (C=N–C) groups is 1. The Morgan fingerprint density at radius 1 is 1.29 bits per heavy atom. The summed E-state index contributed by atoms with van der Waals surface area (Å²) < 4.78 is 5.71. The van der Waals surface area contributed by atoms with E-state index < -0.39 is 5.97 Å². The van der Waals surface area contributed by atoms with Gasteiger partial charge in [-0.25, -0.2) is 9.79 Å². The molecule has 0 saturated carbocycles. The Hall–Kier alpha value is -3.26. The van der Waals surface area contributed by atoms with Gasteiger partial charge in [-0.3, -0.25) is 4.79 Å². The van der Waals surface area contributed by atoms with Crippen molar-refractivity contribution < 1.29 is 24.5 Å². The molecule has 2 aromatic carbocycles. The van der Waals surface area contributed by atoms with Crippen LogP contribution in [-0.2, 0) is 4.79 Å². The molecule has 1 aliphatic heterocycles. The standard InChI is InChI=1S/C20H18N2O5S/c1-2-9-27-16-6-4-3-5-12(16)10-17-18(24)22-20(28-17)21-13-7-8-14(19(25)26)15(23)11-13/h3-8,10-11,23H,2,9H2,1H3,(H,25,26)(H,21,22,24)/b17-10-. The second-order valence-corrected chi connectivity index (χ2v) is 6.91. The molecule has 2 aromatic rings. The Morgan fingerprint density at radius 3 is 2.79 bits per heavy atom. The highest BCUT2D eigenvalue weighted by Gasteiger charge is 2.24. The zero-order valence-electron chi connectivity index (χ0n) is 15.0. The number of hydrogen-bond donors (Lipinski definition) is 3. The Morgan fingerprint density at radius 2 is 2.07 bits per heavy atom. The zero-order valence-corrected chi connectivity index (χ0v) is 15.8. The van der Waals surface area contributed by atoms with Crippen molar-refractivity contribution in [3.8, 4) is 11.5 Å². The lowest BCUT2D eigenvalue weighted by Crippen LogP contribution is -2.19. The minimum atomic E-state index is -1.23. The van der Waals surface area contributed by atoms with Gasteiger partial charge in [0.15, 0.2) is 5.17 Å². The Labute approximate surface area is 165 Å². The van der Waals surface area contributed by atoms with Crippen molar-refractivity contribution in [2.75, 3.05) is 6.61 Å². The van der Waals surface area contributed by atoms with Crippen LogP contribution in [-0.4, -0.2) is 33.9 Å². The Balaban J connectivity index is 1.82. The van der Waals surface area contributed by atoms with Gasteiger partial charge in [0.25, 0.3) is 5.91 Å².